The van der Waals surface area contributed by atoms with Crippen molar-refractivity contribution in [1.82, 2.24) is 4.98 Å². The van der Waals surface area contributed by atoms with E-state index in [2.05, 4.69) is 23.1 Å². The van der Waals surface area contributed by atoms with Crippen LogP contribution in [0.1, 0.15) is 11.1 Å². The Balaban J connectivity index is 2.51. The van der Waals surface area contributed by atoms with Crippen molar-refractivity contribution in [3.05, 3.63) is 35.4 Å². The maximum absolute atomic E-state index is 9.58. The van der Waals surface area contributed by atoms with Gasteiger partial charge in [0, 0.05) is 5.56 Å². The van der Waals surface area contributed by atoms with Crippen LogP contribution < -0.4 is 10.2 Å². The van der Waals surface area contributed by atoms with Crippen molar-refractivity contribution in [3.63, 3.8) is 0 Å². The second-order valence-corrected chi connectivity index (χ2v) is 5.33. The molecule has 0 bridgehead atoms. The molecule has 1 aromatic carbocycles. The summed E-state index contributed by atoms with van der Waals surface area (Å²) < 4.78 is 5.31. The number of benzene rings is 1. The van der Waals surface area contributed by atoms with Gasteiger partial charge in [-0.05, 0) is 17.7 Å². The van der Waals surface area contributed by atoms with Gasteiger partial charge >= 0.3 is 0 Å². The predicted octanol–water partition coefficient (Wildman–Crippen LogP) is 1.49. The molecule has 1 heterocycles. The summed E-state index contributed by atoms with van der Waals surface area (Å²) in [6, 6.07) is 10.8. The Hall–Kier alpha value is -2.82. The van der Waals surface area contributed by atoms with Gasteiger partial charge in [-0.25, -0.2) is 10.5 Å². The van der Waals surface area contributed by atoms with Gasteiger partial charge in [-0.2, -0.15) is 10.5 Å². The van der Waals surface area contributed by atoms with Crippen LogP contribution in [0.3, 0.4) is 0 Å². The van der Waals surface area contributed by atoms with E-state index >= 15 is 0 Å². The standard InChI is InChI=1S/C17H16N4O4S/c18-9-13-15(11-1-3-12(4-2-11)24-7-5-22)14(10-19)17(26)20-16(13)21-25-8-6-23/h1-4,22-23H,5-8H2,(H2,20,21,26). The van der Waals surface area contributed by atoms with Crippen molar-refractivity contribution in [2.24, 2.45) is 0 Å². The van der Waals surface area contributed by atoms with Crippen LogP contribution in [0.5, 0.6) is 5.75 Å². The van der Waals surface area contributed by atoms with Gasteiger partial charge in [0.15, 0.2) is 5.82 Å². The van der Waals surface area contributed by atoms with E-state index in [0.717, 1.165) is 0 Å². The zero-order valence-corrected chi connectivity index (χ0v) is 14.5. The highest BCUT2D eigenvalue weighted by atomic mass is 32.1. The first kappa shape index (κ1) is 19.5. The lowest BCUT2D eigenvalue weighted by atomic mass is 9.97. The van der Waals surface area contributed by atoms with Crippen molar-refractivity contribution in [1.29, 1.82) is 10.5 Å². The Kier molecular flexibility index (Phi) is 7.21. The largest absolute Gasteiger partial charge is 0.491 e. The number of pyridine rings is 1. The van der Waals surface area contributed by atoms with E-state index in [1.807, 2.05) is 12.1 Å². The second kappa shape index (κ2) is 9.61. The lowest BCUT2D eigenvalue weighted by Crippen LogP contribution is -2.10. The van der Waals surface area contributed by atoms with Gasteiger partial charge in [0.1, 0.15) is 35.1 Å². The molecule has 0 aliphatic rings. The summed E-state index contributed by atoms with van der Waals surface area (Å²) in [4.78, 5) is 9.10. The van der Waals surface area contributed by atoms with Gasteiger partial charge in [-0.1, -0.05) is 12.1 Å². The van der Waals surface area contributed by atoms with Gasteiger partial charge in [-0.3, -0.25) is 4.84 Å². The molecule has 0 saturated heterocycles. The third-order valence-corrected chi connectivity index (χ3v) is 3.59. The summed E-state index contributed by atoms with van der Waals surface area (Å²) in [5.74, 6) is 0.644. The normalized spacial score (nSPS) is 10.0. The van der Waals surface area contributed by atoms with E-state index < -0.39 is 0 Å². The van der Waals surface area contributed by atoms with E-state index in [1.54, 1.807) is 24.3 Å². The number of nitrogens with zero attached hydrogens (tertiary/aromatic N) is 3. The number of nitriles is 2. The van der Waals surface area contributed by atoms with E-state index in [-0.39, 0.29) is 48.4 Å². The summed E-state index contributed by atoms with van der Waals surface area (Å²) in [6.07, 6.45) is 0. The van der Waals surface area contributed by atoms with E-state index in [1.165, 1.54) is 0 Å². The van der Waals surface area contributed by atoms with Crippen molar-refractivity contribution >= 4 is 18.4 Å². The minimum Gasteiger partial charge on any atom is -0.491 e. The number of nitrogens with one attached hydrogen (secondary N) is 1. The summed E-state index contributed by atoms with van der Waals surface area (Å²) in [5, 5.41) is 36.8. The number of aromatic nitrogens is 1. The third kappa shape index (κ3) is 4.42. The fourth-order valence-electron chi connectivity index (χ4n) is 2.20. The molecular weight excluding hydrogens is 356 g/mol. The zero-order valence-electron chi connectivity index (χ0n) is 13.6. The van der Waals surface area contributed by atoms with Gasteiger partial charge in [-0.15, -0.1) is 12.6 Å². The van der Waals surface area contributed by atoms with Crippen LogP contribution >= 0.6 is 12.6 Å². The SMILES string of the molecule is N#Cc1c(S)nc(NOCCO)c(C#N)c1-c1ccc(OCCO)cc1. The summed E-state index contributed by atoms with van der Waals surface area (Å²) >= 11 is 4.22. The van der Waals surface area contributed by atoms with E-state index in [0.29, 0.717) is 16.9 Å². The molecule has 0 aliphatic heterocycles. The highest BCUT2D eigenvalue weighted by Gasteiger charge is 2.20. The van der Waals surface area contributed by atoms with Crippen LogP contribution in [0.2, 0.25) is 0 Å². The molecule has 0 unspecified atom stereocenters. The molecule has 3 N–H and O–H groups in total. The molecule has 1 aromatic heterocycles. The van der Waals surface area contributed by atoms with Gasteiger partial charge in [0.2, 0.25) is 0 Å². The van der Waals surface area contributed by atoms with Crippen molar-refractivity contribution < 1.29 is 19.8 Å². The second-order valence-electron chi connectivity index (χ2n) is 4.90. The van der Waals surface area contributed by atoms with Crippen molar-refractivity contribution in [2.75, 3.05) is 31.9 Å². The van der Waals surface area contributed by atoms with Crippen LogP contribution in [0.15, 0.2) is 29.3 Å². The quantitative estimate of drug-likeness (QED) is 0.311. The van der Waals surface area contributed by atoms with Crippen LogP contribution in [-0.4, -0.2) is 41.6 Å². The first-order valence-electron chi connectivity index (χ1n) is 7.56. The lowest BCUT2D eigenvalue weighted by molar-refractivity contribution is 0.132. The number of thiol groups is 1. The highest BCUT2D eigenvalue weighted by Crippen LogP contribution is 2.34. The molecule has 2 aromatic rings. The Bertz CT molecular complexity index is 844. The van der Waals surface area contributed by atoms with Crippen molar-refractivity contribution in [2.45, 2.75) is 5.03 Å². The van der Waals surface area contributed by atoms with Gasteiger partial charge in [0.05, 0.1) is 25.4 Å². The molecule has 0 fully saturated rings. The Morgan fingerprint density at radius 3 is 2.27 bits per heavy atom. The molecular formula is C17H16N4O4S. The maximum atomic E-state index is 9.58. The summed E-state index contributed by atoms with van der Waals surface area (Å²) in [7, 11) is 0. The molecule has 0 aliphatic carbocycles. The number of hydrogen-bond donors (Lipinski definition) is 4. The smallest absolute Gasteiger partial charge is 0.169 e. The Morgan fingerprint density at radius 1 is 1.04 bits per heavy atom. The number of hydrogen-bond acceptors (Lipinski definition) is 9. The monoisotopic (exact) mass is 372 g/mol. The van der Waals surface area contributed by atoms with Crippen LogP contribution in [0.25, 0.3) is 11.1 Å². The first-order valence-corrected chi connectivity index (χ1v) is 8.00. The molecule has 0 spiro atoms. The number of ether oxygens (including phenoxy) is 1. The fraction of sp³-hybridized carbons (Fsp3) is 0.235. The molecule has 0 radical (unpaired) electrons. The molecule has 26 heavy (non-hydrogen) atoms. The number of aliphatic hydroxyl groups is 2. The molecule has 0 saturated carbocycles. The lowest BCUT2D eigenvalue weighted by Gasteiger charge is -2.14. The molecule has 0 amide bonds. The molecule has 0 atom stereocenters. The zero-order chi connectivity index (χ0) is 18.9. The van der Waals surface area contributed by atoms with E-state index in [4.69, 9.17) is 19.8 Å². The third-order valence-electron chi connectivity index (χ3n) is 3.27. The van der Waals surface area contributed by atoms with Gasteiger partial charge < -0.3 is 14.9 Å². The molecule has 2 rings (SSSR count). The van der Waals surface area contributed by atoms with Crippen molar-refractivity contribution in [3.8, 4) is 29.0 Å². The number of aliphatic hydroxyl groups excluding tert-OH is 2. The summed E-state index contributed by atoms with van der Waals surface area (Å²) in [6.45, 7) is -0.143. The van der Waals surface area contributed by atoms with Crippen LogP contribution in [-0.2, 0) is 4.84 Å². The Labute approximate surface area is 155 Å². The van der Waals surface area contributed by atoms with Crippen LogP contribution in [0.4, 0.5) is 5.82 Å². The minimum absolute atomic E-state index is 0.000676. The highest BCUT2D eigenvalue weighted by molar-refractivity contribution is 7.80. The van der Waals surface area contributed by atoms with E-state index in [9.17, 15) is 10.5 Å². The summed E-state index contributed by atoms with van der Waals surface area (Å²) in [5.41, 5.74) is 3.72. The first-order chi connectivity index (χ1) is 12.7. The average molecular weight is 372 g/mol. The molecule has 8 nitrogen and oxygen atoms in total. The molecule has 9 heteroatoms. The predicted molar refractivity (Wildman–Crippen MR) is 95.6 cm³/mol. The van der Waals surface area contributed by atoms with Crippen LogP contribution in [0, 0.1) is 22.7 Å². The molecule has 134 valence electrons. The topological polar surface area (TPSA) is 131 Å². The number of rotatable bonds is 8. The maximum Gasteiger partial charge on any atom is 0.169 e. The minimum atomic E-state index is -0.207. The fourth-order valence-corrected chi connectivity index (χ4v) is 2.46. The van der Waals surface area contributed by atoms with Gasteiger partial charge in [0.25, 0.3) is 0 Å². The number of anilines is 1. The average Bonchev–Trinajstić information content (AvgIpc) is 2.66. The Morgan fingerprint density at radius 2 is 1.69 bits per heavy atom.